The normalized spacial score (nSPS) is 19.1. The number of allylic oxidation sites excluding steroid dienone is 1. The third-order valence-corrected chi connectivity index (χ3v) is 4.50. The first-order valence-electron chi connectivity index (χ1n) is 8.39. The minimum absolute atomic E-state index is 0.00790. The van der Waals surface area contributed by atoms with E-state index in [4.69, 9.17) is 5.73 Å². The van der Waals surface area contributed by atoms with E-state index in [0.29, 0.717) is 5.69 Å². The molecule has 0 saturated carbocycles. The molecule has 0 bridgehead atoms. The van der Waals surface area contributed by atoms with Crippen molar-refractivity contribution >= 4 is 17.4 Å². The number of carbonyl (C=O) groups is 1. The van der Waals surface area contributed by atoms with Crippen molar-refractivity contribution in [2.45, 2.75) is 19.3 Å². The van der Waals surface area contributed by atoms with E-state index in [0.717, 1.165) is 17.8 Å². The van der Waals surface area contributed by atoms with Crippen molar-refractivity contribution in [3.05, 3.63) is 71.7 Å². The van der Waals surface area contributed by atoms with Crippen LogP contribution in [0.5, 0.6) is 5.75 Å². The number of aromatic hydroxyl groups is 1. The summed E-state index contributed by atoms with van der Waals surface area (Å²) in [5.41, 5.74) is 6.91. The summed E-state index contributed by atoms with van der Waals surface area (Å²) in [7, 11) is 0. The van der Waals surface area contributed by atoms with Gasteiger partial charge in [-0.2, -0.15) is 0 Å². The summed E-state index contributed by atoms with van der Waals surface area (Å²) in [5.74, 6) is -0.457. The summed E-state index contributed by atoms with van der Waals surface area (Å²) in [4.78, 5) is 15.9. The van der Waals surface area contributed by atoms with Crippen molar-refractivity contribution in [1.82, 2.24) is 0 Å². The zero-order chi connectivity index (χ0) is 18.7. The Hall–Kier alpha value is -3.15. The maximum Gasteiger partial charge on any atom is 0.252 e. The van der Waals surface area contributed by atoms with Crippen molar-refractivity contribution in [3.63, 3.8) is 0 Å². The molecule has 1 aliphatic rings. The SMILES string of the molecule is CCC1C(Nc2cccc(F)c2)=NC=CC1c1ccc(O)c(C(N)=O)c1. The number of primary amides is 1. The number of amidine groups is 1. The number of anilines is 1. The monoisotopic (exact) mass is 353 g/mol. The maximum atomic E-state index is 13.4. The molecular weight excluding hydrogens is 333 g/mol. The largest absolute Gasteiger partial charge is 0.507 e. The highest BCUT2D eigenvalue weighted by Crippen LogP contribution is 2.34. The standard InChI is InChI=1S/C20H20FN3O2/c1-2-15-16(12-6-7-18(25)17(10-12)19(22)26)8-9-23-20(15)24-14-5-3-4-13(21)11-14/h3-11,15-16,25H,2H2,1H3,(H2,22,26)(H,23,24). The molecule has 1 heterocycles. The molecule has 2 atom stereocenters. The van der Waals surface area contributed by atoms with E-state index in [1.807, 2.05) is 13.0 Å². The van der Waals surface area contributed by atoms with Crippen LogP contribution in [0.2, 0.25) is 0 Å². The lowest BCUT2D eigenvalue weighted by atomic mass is 9.81. The Morgan fingerprint density at radius 1 is 1.31 bits per heavy atom. The molecular formula is C20H20FN3O2. The highest BCUT2D eigenvalue weighted by molar-refractivity contribution is 5.99. The number of benzene rings is 2. The number of amides is 1. The Morgan fingerprint density at radius 2 is 2.12 bits per heavy atom. The number of carbonyl (C=O) groups excluding carboxylic acids is 1. The molecule has 0 spiro atoms. The van der Waals surface area contributed by atoms with Gasteiger partial charge in [-0.1, -0.05) is 25.1 Å². The average molecular weight is 353 g/mol. The summed E-state index contributed by atoms with van der Waals surface area (Å²) in [6, 6.07) is 11.1. The third kappa shape index (κ3) is 3.59. The lowest BCUT2D eigenvalue weighted by Crippen LogP contribution is -2.29. The second-order valence-electron chi connectivity index (χ2n) is 6.17. The highest BCUT2D eigenvalue weighted by atomic mass is 19.1. The minimum Gasteiger partial charge on any atom is -0.507 e. The molecule has 0 radical (unpaired) electrons. The van der Waals surface area contributed by atoms with Crippen molar-refractivity contribution < 1.29 is 14.3 Å². The molecule has 0 fully saturated rings. The van der Waals surface area contributed by atoms with Gasteiger partial charge in [-0.15, -0.1) is 0 Å². The first kappa shape index (κ1) is 17.7. The van der Waals surface area contributed by atoms with Gasteiger partial charge in [0.05, 0.1) is 5.56 Å². The maximum absolute atomic E-state index is 13.4. The summed E-state index contributed by atoms with van der Waals surface area (Å²) >= 11 is 0. The van der Waals surface area contributed by atoms with Gasteiger partial charge >= 0.3 is 0 Å². The zero-order valence-corrected chi connectivity index (χ0v) is 14.3. The van der Waals surface area contributed by atoms with Gasteiger partial charge in [0.25, 0.3) is 5.91 Å². The summed E-state index contributed by atoms with van der Waals surface area (Å²) in [6.45, 7) is 2.04. The molecule has 0 saturated heterocycles. The van der Waals surface area contributed by atoms with Crippen LogP contribution in [-0.2, 0) is 0 Å². The molecule has 4 N–H and O–H groups in total. The van der Waals surface area contributed by atoms with Gasteiger partial charge in [0.15, 0.2) is 0 Å². The topological polar surface area (TPSA) is 87.7 Å². The predicted octanol–water partition coefficient (Wildman–Crippen LogP) is 3.78. The average Bonchev–Trinajstić information content (AvgIpc) is 2.62. The van der Waals surface area contributed by atoms with Gasteiger partial charge < -0.3 is 16.2 Å². The van der Waals surface area contributed by atoms with Gasteiger partial charge in [-0.3, -0.25) is 4.79 Å². The van der Waals surface area contributed by atoms with Gasteiger partial charge in [0.1, 0.15) is 17.4 Å². The van der Waals surface area contributed by atoms with Gasteiger partial charge in [0.2, 0.25) is 0 Å². The fourth-order valence-electron chi connectivity index (χ4n) is 3.20. The molecule has 2 aromatic rings. The van der Waals surface area contributed by atoms with E-state index in [2.05, 4.69) is 10.3 Å². The van der Waals surface area contributed by atoms with E-state index >= 15 is 0 Å². The number of nitrogens with one attached hydrogen (secondary N) is 1. The van der Waals surface area contributed by atoms with Crippen LogP contribution in [0, 0.1) is 11.7 Å². The molecule has 134 valence electrons. The molecule has 0 aliphatic carbocycles. The summed E-state index contributed by atoms with van der Waals surface area (Å²) < 4.78 is 13.4. The minimum atomic E-state index is -0.677. The van der Waals surface area contributed by atoms with Crippen LogP contribution in [0.15, 0.2) is 59.7 Å². The first-order chi connectivity index (χ1) is 12.5. The molecule has 0 aromatic heterocycles. The third-order valence-electron chi connectivity index (χ3n) is 4.50. The van der Waals surface area contributed by atoms with Crippen LogP contribution < -0.4 is 11.1 Å². The number of hydrogen-bond donors (Lipinski definition) is 3. The van der Waals surface area contributed by atoms with Crippen LogP contribution in [0.1, 0.15) is 35.2 Å². The van der Waals surface area contributed by atoms with Gasteiger partial charge in [0, 0.05) is 23.7 Å². The number of nitrogens with two attached hydrogens (primary N) is 1. The molecule has 2 aromatic carbocycles. The van der Waals surface area contributed by atoms with E-state index in [1.54, 1.807) is 30.5 Å². The lowest BCUT2D eigenvalue weighted by Gasteiger charge is -2.29. The molecule has 6 heteroatoms. The smallest absolute Gasteiger partial charge is 0.252 e. The van der Waals surface area contributed by atoms with Crippen molar-refractivity contribution in [2.24, 2.45) is 16.6 Å². The first-order valence-corrected chi connectivity index (χ1v) is 8.39. The molecule has 26 heavy (non-hydrogen) atoms. The Kier molecular flexibility index (Phi) is 5.02. The molecule has 2 unspecified atom stereocenters. The number of phenols is 1. The summed E-state index contributed by atoms with van der Waals surface area (Å²) in [6.07, 6.45) is 4.42. The molecule has 3 rings (SSSR count). The Bertz CT molecular complexity index is 892. The number of halogens is 1. The Morgan fingerprint density at radius 3 is 2.81 bits per heavy atom. The number of hydrogen-bond acceptors (Lipinski definition) is 4. The molecule has 1 amide bonds. The second kappa shape index (κ2) is 7.39. The van der Waals surface area contributed by atoms with Crippen LogP contribution in [-0.4, -0.2) is 16.8 Å². The van der Waals surface area contributed by atoms with E-state index in [9.17, 15) is 14.3 Å². The quantitative estimate of drug-likeness (QED) is 0.782. The van der Waals surface area contributed by atoms with Crippen molar-refractivity contribution in [3.8, 4) is 5.75 Å². The summed E-state index contributed by atoms with van der Waals surface area (Å²) in [5, 5.41) is 13.0. The van der Waals surface area contributed by atoms with Gasteiger partial charge in [-0.05, 0) is 42.3 Å². The number of aliphatic imine (C=N–C) groups is 1. The van der Waals surface area contributed by atoms with E-state index < -0.39 is 5.91 Å². The van der Waals surface area contributed by atoms with Gasteiger partial charge in [-0.25, -0.2) is 9.38 Å². The Labute approximate surface area is 151 Å². The van der Waals surface area contributed by atoms with Crippen LogP contribution >= 0.6 is 0 Å². The highest BCUT2D eigenvalue weighted by Gasteiger charge is 2.28. The van der Waals surface area contributed by atoms with E-state index in [-0.39, 0.29) is 29.0 Å². The predicted molar refractivity (Wildman–Crippen MR) is 99.7 cm³/mol. The lowest BCUT2D eigenvalue weighted by molar-refractivity contribution is 0.0997. The van der Waals surface area contributed by atoms with Crippen molar-refractivity contribution in [2.75, 3.05) is 5.32 Å². The van der Waals surface area contributed by atoms with Crippen LogP contribution in [0.3, 0.4) is 0 Å². The second-order valence-corrected chi connectivity index (χ2v) is 6.17. The molecule has 5 nitrogen and oxygen atoms in total. The van der Waals surface area contributed by atoms with Crippen LogP contribution in [0.25, 0.3) is 0 Å². The fraction of sp³-hybridized carbons (Fsp3) is 0.200. The molecule has 1 aliphatic heterocycles. The fourth-order valence-corrected chi connectivity index (χ4v) is 3.20. The Balaban J connectivity index is 1.90. The van der Waals surface area contributed by atoms with Crippen LogP contribution in [0.4, 0.5) is 10.1 Å². The number of nitrogens with zero attached hydrogens (tertiary/aromatic N) is 1. The van der Waals surface area contributed by atoms with Crippen molar-refractivity contribution in [1.29, 1.82) is 0 Å². The van der Waals surface area contributed by atoms with E-state index in [1.165, 1.54) is 18.2 Å². The number of rotatable bonds is 4. The zero-order valence-electron chi connectivity index (χ0n) is 14.3.